The molecule has 1 heterocycles. The summed E-state index contributed by atoms with van der Waals surface area (Å²) in [6.45, 7) is 1.31. The lowest BCUT2D eigenvalue weighted by molar-refractivity contribution is -0.120. The Kier molecular flexibility index (Phi) is 4.81. The number of rotatable bonds is 7. The normalized spacial score (nSPS) is 15.3. The zero-order valence-corrected chi connectivity index (χ0v) is 12.5. The van der Waals surface area contributed by atoms with Gasteiger partial charge in [0, 0.05) is 12.4 Å². The fraction of sp³-hybridized carbons (Fsp3) is 0.333. The number of carbonyl (C=O) groups is 1. The largest absolute Gasteiger partial charge is 0.344 e. The number of nitrogens with one attached hydrogen (secondary N) is 2. The van der Waals surface area contributed by atoms with E-state index < -0.39 is 0 Å². The van der Waals surface area contributed by atoms with Crippen LogP contribution >= 0.6 is 0 Å². The molecule has 3 rings (SSSR count). The summed E-state index contributed by atoms with van der Waals surface area (Å²) >= 11 is 0. The van der Waals surface area contributed by atoms with E-state index in [0.29, 0.717) is 6.54 Å². The van der Waals surface area contributed by atoms with Gasteiger partial charge in [0.1, 0.15) is 0 Å². The van der Waals surface area contributed by atoms with Crippen molar-refractivity contribution in [2.24, 2.45) is 5.92 Å². The predicted octanol–water partition coefficient (Wildman–Crippen LogP) is 2.29. The van der Waals surface area contributed by atoms with Crippen LogP contribution < -0.4 is 10.6 Å². The number of carbonyl (C=O) groups excluding carboxylic acids is 1. The molecular formula is C18H21N3O. The average Bonchev–Trinajstić information content (AvgIpc) is 3.39. The number of hydrogen-bond acceptors (Lipinski definition) is 3. The van der Waals surface area contributed by atoms with E-state index in [9.17, 15) is 4.79 Å². The summed E-state index contributed by atoms with van der Waals surface area (Å²) < 4.78 is 0. The van der Waals surface area contributed by atoms with E-state index >= 15 is 0 Å². The highest BCUT2D eigenvalue weighted by Gasteiger charge is 2.21. The zero-order chi connectivity index (χ0) is 15.2. The minimum absolute atomic E-state index is 0.0197. The van der Waals surface area contributed by atoms with E-state index in [-0.39, 0.29) is 11.9 Å². The lowest BCUT2D eigenvalue weighted by atomic mass is 10.00. The highest BCUT2D eigenvalue weighted by atomic mass is 16.1. The van der Waals surface area contributed by atoms with Crippen LogP contribution in [0.5, 0.6) is 0 Å². The standard InChI is InChI=1S/C18H21N3O/c22-17(13-20-12-14-6-7-14)21-18(15-4-2-1-3-5-15)16-8-10-19-11-9-16/h1-5,8-11,14,18,20H,6-7,12-13H2,(H,21,22). The number of hydrogen-bond donors (Lipinski definition) is 2. The van der Waals surface area contributed by atoms with Gasteiger partial charge in [-0.25, -0.2) is 0 Å². The second kappa shape index (κ2) is 7.18. The Labute approximate surface area is 131 Å². The quantitative estimate of drug-likeness (QED) is 0.824. The molecule has 2 aromatic rings. The first-order valence-electron chi connectivity index (χ1n) is 7.78. The van der Waals surface area contributed by atoms with Crippen LogP contribution in [0.2, 0.25) is 0 Å². The van der Waals surface area contributed by atoms with Gasteiger partial charge in [0.05, 0.1) is 12.6 Å². The van der Waals surface area contributed by atoms with Gasteiger partial charge in [-0.2, -0.15) is 0 Å². The van der Waals surface area contributed by atoms with E-state index in [0.717, 1.165) is 23.6 Å². The summed E-state index contributed by atoms with van der Waals surface area (Å²) in [5.41, 5.74) is 2.11. The first-order valence-corrected chi connectivity index (χ1v) is 7.78. The molecule has 1 aromatic heterocycles. The summed E-state index contributed by atoms with van der Waals surface area (Å²) in [6.07, 6.45) is 6.09. The molecular weight excluding hydrogens is 274 g/mol. The molecule has 4 heteroatoms. The summed E-state index contributed by atoms with van der Waals surface area (Å²) in [7, 11) is 0. The van der Waals surface area contributed by atoms with Crippen LogP contribution in [0.15, 0.2) is 54.9 Å². The highest BCUT2D eigenvalue weighted by Crippen LogP contribution is 2.27. The molecule has 0 spiro atoms. The fourth-order valence-electron chi connectivity index (χ4n) is 2.48. The van der Waals surface area contributed by atoms with Crippen molar-refractivity contribution in [3.8, 4) is 0 Å². The molecule has 0 radical (unpaired) electrons. The number of aromatic nitrogens is 1. The number of nitrogens with zero attached hydrogens (tertiary/aromatic N) is 1. The van der Waals surface area contributed by atoms with Crippen molar-refractivity contribution in [2.45, 2.75) is 18.9 Å². The maximum atomic E-state index is 12.2. The van der Waals surface area contributed by atoms with Gasteiger partial charge in [0.15, 0.2) is 0 Å². The Hall–Kier alpha value is -2.20. The molecule has 114 valence electrons. The van der Waals surface area contributed by atoms with Gasteiger partial charge in [-0.05, 0) is 48.6 Å². The molecule has 0 aliphatic heterocycles. The lowest BCUT2D eigenvalue weighted by Crippen LogP contribution is -2.37. The maximum absolute atomic E-state index is 12.2. The van der Waals surface area contributed by atoms with Crippen LogP contribution in [0.4, 0.5) is 0 Å². The SMILES string of the molecule is O=C(CNCC1CC1)NC(c1ccccc1)c1ccncc1. The molecule has 1 aliphatic rings. The first kappa shape index (κ1) is 14.7. The van der Waals surface area contributed by atoms with Crippen molar-refractivity contribution in [1.82, 2.24) is 15.6 Å². The fourth-order valence-corrected chi connectivity index (χ4v) is 2.48. The molecule has 1 saturated carbocycles. The Morgan fingerprint density at radius 2 is 1.77 bits per heavy atom. The van der Waals surface area contributed by atoms with Crippen LogP contribution in [-0.2, 0) is 4.79 Å². The molecule has 1 atom stereocenters. The van der Waals surface area contributed by atoms with E-state index in [4.69, 9.17) is 0 Å². The molecule has 22 heavy (non-hydrogen) atoms. The summed E-state index contributed by atoms with van der Waals surface area (Å²) in [5, 5.41) is 6.35. The molecule has 2 N–H and O–H groups in total. The number of amides is 1. The maximum Gasteiger partial charge on any atom is 0.234 e. The van der Waals surface area contributed by atoms with Crippen molar-refractivity contribution >= 4 is 5.91 Å². The van der Waals surface area contributed by atoms with E-state index in [1.807, 2.05) is 42.5 Å². The van der Waals surface area contributed by atoms with Crippen molar-refractivity contribution in [3.05, 3.63) is 66.0 Å². The lowest BCUT2D eigenvalue weighted by Gasteiger charge is -2.20. The third-order valence-corrected chi connectivity index (χ3v) is 3.89. The summed E-state index contributed by atoms with van der Waals surface area (Å²) in [6, 6.07) is 13.8. The molecule has 1 aliphatic carbocycles. The topological polar surface area (TPSA) is 54.0 Å². The van der Waals surface area contributed by atoms with Gasteiger partial charge >= 0.3 is 0 Å². The third-order valence-electron chi connectivity index (χ3n) is 3.89. The van der Waals surface area contributed by atoms with Gasteiger partial charge in [-0.1, -0.05) is 30.3 Å². The molecule has 1 aromatic carbocycles. The van der Waals surface area contributed by atoms with E-state index in [2.05, 4.69) is 15.6 Å². The minimum Gasteiger partial charge on any atom is -0.344 e. The third kappa shape index (κ3) is 4.15. The monoisotopic (exact) mass is 295 g/mol. The van der Waals surface area contributed by atoms with Gasteiger partial charge < -0.3 is 10.6 Å². The van der Waals surface area contributed by atoms with E-state index in [1.54, 1.807) is 12.4 Å². The Bertz CT molecular complexity index is 557. The van der Waals surface area contributed by atoms with Crippen LogP contribution in [0.3, 0.4) is 0 Å². The Morgan fingerprint density at radius 1 is 1.09 bits per heavy atom. The molecule has 4 nitrogen and oxygen atoms in total. The molecule has 1 unspecified atom stereocenters. The molecule has 1 amide bonds. The van der Waals surface area contributed by atoms with Crippen molar-refractivity contribution in [3.63, 3.8) is 0 Å². The van der Waals surface area contributed by atoms with Gasteiger partial charge in [-0.15, -0.1) is 0 Å². The van der Waals surface area contributed by atoms with Crippen molar-refractivity contribution in [1.29, 1.82) is 0 Å². The number of pyridine rings is 1. The molecule has 0 saturated heterocycles. The van der Waals surface area contributed by atoms with Gasteiger partial charge in [0.25, 0.3) is 0 Å². The van der Waals surface area contributed by atoms with Crippen LogP contribution in [0, 0.1) is 5.92 Å². The van der Waals surface area contributed by atoms with Crippen LogP contribution in [0.25, 0.3) is 0 Å². The van der Waals surface area contributed by atoms with Crippen LogP contribution in [-0.4, -0.2) is 24.0 Å². The molecule has 0 bridgehead atoms. The second-order valence-electron chi connectivity index (χ2n) is 5.77. The first-order chi connectivity index (χ1) is 10.8. The van der Waals surface area contributed by atoms with E-state index in [1.165, 1.54) is 12.8 Å². The van der Waals surface area contributed by atoms with Crippen molar-refractivity contribution < 1.29 is 4.79 Å². The van der Waals surface area contributed by atoms with Gasteiger partial charge in [-0.3, -0.25) is 9.78 Å². The second-order valence-corrected chi connectivity index (χ2v) is 5.77. The summed E-state index contributed by atoms with van der Waals surface area (Å²) in [5.74, 6) is 0.796. The molecule has 1 fully saturated rings. The zero-order valence-electron chi connectivity index (χ0n) is 12.5. The predicted molar refractivity (Wildman–Crippen MR) is 86.3 cm³/mol. The van der Waals surface area contributed by atoms with Crippen LogP contribution in [0.1, 0.15) is 30.0 Å². The Morgan fingerprint density at radius 3 is 2.45 bits per heavy atom. The smallest absolute Gasteiger partial charge is 0.234 e. The minimum atomic E-state index is -0.139. The average molecular weight is 295 g/mol. The number of benzene rings is 1. The Balaban J connectivity index is 1.67. The van der Waals surface area contributed by atoms with Crippen molar-refractivity contribution in [2.75, 3.05) is 13.1 Å². The summed E-state index contributed by atoms with van der Waals surface area (Å²) in [4.78, 5) is 16.3. The van der Waals surface area contributed by atoms with Gasteiger partial charge in [0.2, 0.25) is 5.91 Å². The highest BCUT2D eigenvalue weighted by molar-refractivity contribution is 5.79.